The summed E-state index contributed by atoms with van der Waals surface area (Å²) in [6.07, 6.45) is 1.76. The van der Waals surface area contributed by atoms with Crippen molar-refractivity contribution in [3.63, 3.8) is 0 Å². The van der Waals surface area contributed by atoms with Gasteiger partial charge in [-0.1, -0.05) is 0 Å². The predicted molar refractivity (Wildman–Crippen MR) is 69.3 cm³/mol. The van der Waals surface area contributed by atoms with Gasteiger partial charge in [0.1, 0.15) is 0 Å². The normalized spacial score (nSPS) is 26.3. The lowest BCUT2D eigenvalue weighted by Gasteiger charge is -2.34. The Balaban J connectivity index is 2.43. The maximum absolute atomic E-state index is 12.4. The molecule has 0 saturated carbocycles. The van der Waals surface area contributed by atoms with Gasteiger partial charge in [-0.05, 0) is 6.42 Å². The molecule has 0 aromatic carbocycles. The Kier molecular flexibility index (Phi) is 6.54. The molecular formula is C8H18ClN2O5PS. The second-order valence-electron chi connectivity index (χ2n) is 3.78. The van der Waals surface area contributed by atoms with E-state index in [1.54, 1.807) is 4.67 Å². The van der Waals surface area contributed by atoms with Crippen molar-refractivity contribution in [2.24, 2.45) is 0 Å². The van der Waals surface area contributed by atoms with Gasteiger partial charge in [-0.2, -0.15) is 8.42 Å². The fourth-order valence-corrected chi connectivity index (χ4v) is 4.20. The van der Waals surface area contributed by atoms with Gasteiger partial charge < -0.3 is 4.52 Å². The fourth-order valence-electron chi connectivity index (χ4n) is 1.52. The van der Waals surface area contributed by atoms with Crippen molar-refractivity contribution in [3.8, 4) is 0 Å². The molecule has 0 aliphatic carbocycles. The van der Waals surface area contributed by atoms with Gasteiger partial charge in [-0.15, -0.1) is 11.6 Å². The third kappa shape index (κ3) is 5.52. The lowest BCUT2D eigenvalue weighted by molar-refractivity contribution is 0.200. The van der Waals surface area contributed by atoms with Crippen LogP contribution in [0, 0.1) is 0 Å². The molecule has 0 aromatic rings. The van der Waals surface area contributed by atoms with Crippen LogP contribution in [0.1, 0.15) is 6.42 Å². The molecule has 18 heavy (non-hydrogen) atoms. The molecule has 1 heterocycles. The first-order chi connectivity index (χ1) is 8.37. The third-order valence-electron chi connectivity index (χ3n) is 2.25. The number of nitrogens with zero attached hydrogens (tertiary/aromatic N) is 1. The van der Waals surface area contributed by atoms with Crippen LogP contribution in [0.4, 0.5) is 0 Å². The highest BCUT2D eigenvalue weighted by molar-refractivity contribution is 7.85. The van der Waals surface area contributed by atoms with E-state index < -0.39 is 17.8 Å². The number of hydrogen-bond acceptors (Lipinski definition) is 5. The van der Waals surface area contributed by atoms with Gasteiger partial charge in [0.2, 0.25) is 0 Å². The van der Waals surface area contributed by atoms with Crippen molar-refractivity contribution in [1.29, 1.82) is 0 Å². The van der Waals surface area contributed by atoms with Gasteiger partial charge in [0.25, 0.3) is 10.1 Å². The lowest BCUT2D eigenvalue weighted by atomic mass is 10.4. The van der Waals surface area contributed by atoms with Crippen LogP contribution in [0.3, 0.4) is 0 Å². The van der Waals surface area contributed by atoms with Gasteiger partial charge in [-0.25, -0.2) is 9.76 Å². The molecular weight excluding hydrogens is 303 g/mol. The Hall–Kier alpha value is 0.310. The smallest absolute Gasteiger partial charge is 0.306 e. The van der Waals surface area contributed by atoms with Crippen molar-refractivity contribution in [1.82, 2.24) is 9.76 Å². The minimum atomic E-state index is -3.48. The first kappa shape index (κ1) is 16.4. The number of halogens is 1. The molecule has 1 fully saturated rings. The molecule has 1 aliphatic heterocycles. The first-order valence-electron chi connectivity index (χ1n) is 5.53. The van der Waals surface area contributed by atoms with Gasteiger partial charge in [0.05, 0.1) is 19.5 Å². The highest BCUT2D eigenvalue weighted by atomic mass is 35.5. The molecule has 1 rings (SSSR count). The Bertz CT molecular complexity index is 402. The summed E-state index contributed by atoms with van der Waals surface area (Å²) in [7, 11) is -6.57. The molecule has 0 bridgehead atoms. The molecule has 1 aliphatic rings. The van der Waals surface area contributed by atoms with Crippen LogP contribution in [0.2, 0.25) is 0 Å². The molecule has 1 atom stereocenters. The molecule has 1 saturated heterocycles. The molecule has 0 spiro atoms. The summed E-state index contributed by atoms with van der Waals surface area (Å²) in [6, 6.07) is 0. The predicted octanol–water partition coefficient (Wildman–Crippen LogP) is 0.621. The van der Waals surface area contributed by atoms with Gasteiger partial charge in [-0.3, -0.25) is 8.75 Å². The van der Waals surface area contributed by atoms with Crippen LogP contribution in [0.15, 0.2) is 0 Å². The Morgan fingerprint density at radius 2 is 2.28 bits per heavy atom. The summed E-state index contributed by atoms with van der Waals surface area (Å²) in [5.41, 5.74) is 0. The average molecular weight is 321 g/mol. The SMILES string of the molecule is CS(=O)(=O)OCCN[P@@]1(=O)OCCCN1CCCl. The molecule has 108 valence electrons. The minimum Gasteiger partial charge on any atom is -0.306 e. The zero-order chi connectivity index (χ0) is 13.6. The maximum atomic E-state index is 12.4. The van der Waals surface area contributed by atoms with Crippen molar-refractivity contribution in [2.45, 2.75) is 6.42 Å². The molecule has 7 nitrogen and oxygen atoms in total. The standard InChI is InChI=1S/C8H18ClN2O5PS/c1-18(13,14)16-8-4-10-17(12)11(6-3-9)5-2-7-15-17/h2-8H2,1H3,(H,10,12)/t17-/m1/s1. The summed E-state index contributed by atoms with van der Waals surface area (Å²) in [6.45, 7) is 1.56. The Morgan fingerprint density at radius 3 is 2.89 bits per heavy atom. The van der Waals surface area contributed by atoms with Crippen LogP contribution in [0.25, 0.3) is 0 Å². The summed E-state index contributed by atoms with van der Waals surface area (Å²) >= 11 is 5.63. The van der Waals surface area contributed by atoms with E-state index in [0.29, 0.717) is 25.6 Å². The zero-order valence-corrected chi connectivity index (χ0v) is 12.6. The molecule has 0 unspecified atom stereocenters. The van der Waals surface area contributed by atoms with E-state index >= 15 is 0 Å². The van der Waals surface area contributed by atoms with Gasteiger partial charge in [0.15, 0.2) is 0 Å². The Morgan fingerprint density at radius 1 is 1.56 bits per heavy atom. The second-order valence-corrected chi connectivity index (χ2v) is 7.99. The van der Waals surface area contributed by atoms with E-state index in [1.165, 1.54) is 0 Å². The molecule has 10 heteroatoms. The van der Waals surface area contributed by atoms with Crippen LogP contribution in [0.5, 0.6) is 0 Å². The van der Waals surface area contributed by atoms with E-state index in [-0.39, 0.29) is 13.2 Å². The lowest BCUT2D eigenvalue weighted by Crippen LogP contribution is -2.37. The molecule has 0 amide bonds. The first-order valence-corrected chi connectivity index (χ1v) is 9.46. The van der Waals surface area contributed by atoms with Gasteiger partial charge in [0, 0.05) is 25.5 Å². The fraction of sp³-hybridized carbons (Fsp3) is 1.00. The number of alkyl halides is 1. The van der Waals surface area contributed by atoms with Crippen molar-refractivity contribution < 1.29 is 21.7 Å². The summed E-state index contributed by atoms with van der Waals surface area (Å²) in [4.78, 5) is 0. The highest BCUT2D eigenvalue weighted by Gasteiger charge is 2.33. The Labute approximate surface area is 112 Å². The number of hydrogen-bond donors (Lipinski definition) is 1. The summed E-state index contributed by atoms with van der Waals surface area (Å²) in [5.74, 6) is 0.356. The largest absolute Gasteiger partial charge is 0.343 e. The van der Waals surface area contributed by atoms with Crippen molar-refractivity contribution in [2.75, 3.05) is 45.0 Å². The van der Waals surface area contributed by atoms with Crippen molar-refractivity contribution >= 4 is 29.4 Å². The molecule has 1 N–H and O–H groups in total. The molecule has 0 aromatic heterocycles. The number of rotatable bonds is 7. The van der Waals surface area contributed by atoms with Crippen LogP contribution in [-0.2, 0) is 23.4 Å². The third-order valence-corrected chi connectivity index (χ3v) is 5.32. The van der Waals surface area contributed by atoms with Crippen LogP contribution >= 0.6 is 19.3 Å². The number of nitrogens with one attached hydrogen (secondary N) is 1. The molecule has 0 radical (unpaired) electrons. The van der Waals surface area contributed by atoms with E-state index in [1.807, 2.05) is 0 Å². The zero-order valence-electron chi connectivity index (χ0n) is 10.2. The van der Waals surface area contributed by atoms with Crippen LogP contribution < -0.4 is 5.09 Å². The average Bonchev–Trinajstić information content (AvgIpc) is 2.27. The van der Waals surface area contributed by atoms with E-state index in [9.17, 15) is 13.0 Å². The topological polar surface area (TPSA) is 84.9 Å². The van der Waals surface area contributed by atoms with Gasteiger partial charge >= 0.3 is 7.67 Å². The van der Waals surface area contributed by atoms with Crippen molar-refractivity contribution in [3.05, 3.63) is 0 Å². The second kappa shape index (κ2) is 7.19. The monoisotopic (exact) mass is 320 g/mol. The summed E-state index contributed by atoms with van der Waals surface area (Å²) < 4.78 is 45.4. The summed E-state index contributed by atoms with van der Waals surface area (Å²) in [5, 5.41) is 2.72. The van der Waals surface area contributed by atoms with E-state index in [2.05, 4.69) is 9.27 Å². The minimum absolute atomic E-state index is 0.0824. The highest BCUT2D eigenvalue weighted by Crippen LogP contribution is 2.48. The quantitative estimate of drug-likeness (QED) is 0.318. The van der Waals surface area contributed by atoms with E-state index in [0.717, 1.165) is 12.7 Å². The van der Waals surface area contributed by atoms with E-state index in [4.69, 9.17) is 16.1 Å². The van der Waals surface area contributed by atoms with Crippen LogP contribution in [-0.4, -0.2) is 58.1 Å². The maximum Gasteiger partial charge on any atom is 0.343 e.